The van der Waals surface area contributed by atoms with Gasteiger partial charge in [0, 0.05) is 31.6 Å². The van der Waals surface area contributed by atoms with Gasteiger partial charge in [-0.25, -0.2) is 0 Å². The van der Waals surface area contributed by atoms with Gasteiger partial charge in [0.2, 0.25) is 5.91 Å². The number of para-hydroxylation sites is 1. The molecule has 0 spiro atoms. The molecule has 0 saturated carbocycles. The first-order valence-electron chi connectivity index (χ1n) is 5.71. The van der Waals surface area contributed by atoms with E-state index in [0.29, 0.717) is 12.8 Å². The maximum atomic E-state index is 11.5. The van der Waals surface area contributed by atoms with Crippen molar-refractivity contribution in [1.29, 1.82) is 0 Å². The third kappa shape index (κ3) is 2.81. The van der Waals surface area contributed by atoms with Crippen LogP contribution in [0.3, 0.4) is 0 Å². The molecular formula is C14H16N2O. The third-order valence-electron chi connectivity index (χ3n) is 2.75. The lowest BCUT2D eigenvalue weighted by Crippen LogP contribution is -2.21. The molecule has 1 heterocycles. The summed E-state index contributed by atoms with van der Waals surface area (Å²) in [5, 5.41) is 1.13. The smallest absolute Gasteiger partial charge is 0.222 e. The van der Waals surface area contributed by atoms with Gasteiger partial charge in [0.1, 0.15) is 0 Å². The van der Waals surface area contributed by atoms with Crippen molar-refractivity contribution in [3.8, 4) is 0 Å². The van der Waals surface area contributed by atoms with Crippen LogP contribution in [0.15, 0.2) is 36.4 Å². The highest BCUT2D eigenvalue weighted by Gasteiger charge is 2.05. The number of aromatic nitrogens is 1. The van der Waals surface area contributed by atoms with E-state index < -0.39 is 0 Å². The number of carbonyl (C=O) groups excluding carboxylic acids is 1. The fourth-order valence-corrected chi connectivity index (χ4v) is 1.71. The summed E-state index contributed by atoms with van der Waals surface area (Å²) in [4.78, 5) is 17.6. The van der Waals surface area contributed by atoms with Crippen LogP contribution in [0.1, 0.15) is 12.1 Å². The predicted molar refractivity (Wildman–Crippen MR) is 68.8 cm³/mol. The van der Waals surface area contributed by atoms with Gasteiger partial charge in [-0.15, -0.1) is 0 Å². The topological polar surface area (TPSA) is 33.2 Å². The van der Waals surface area contributed by atoms with E-state index >= 15 is 0 Å². The molecule has 0 N–H and O–H groups in total. The zero-order valence-electron chi connectivity index (χ0n) is 10.2. The number of nitrogens with zero attached hydrogens (tertiary/aromatic N) is 2. The minimum atomic E-state index is 0.139. The average Bonchev–Trinajstić information content (AvgIpc) is 2.35. The summed E-state index contributed by atoms with van der Waals surface area (Å²) in [6.45, 7) is 0. The van der Waals surface area contributed by atoms with E-state index in [1.165, 1.54) is 0 Å². The minimum Gasteiger partial charge on any atom is -0.349 e. The maximum absolute atomic E-state index is 11.5. The SMILES string of the molecule is CN(C)C(=O)CCc1ccc2ccccc2n1. The first kappa shape index (κ1) is 11.6. The van der Waals surface area contributed by atoms with Crippen LogP contribution in [0.25, 0.3) is 10.9 Å². The van der Waals surface area contributed by atoms with Crippen LogP contribution in [0, 0.1) is 0 Å². The minimum absolute atomic E-state index is 0.139. The molecule has 2 aromatic rings. The number of hydrogen-bond acceptors (Lipinski definition) is 2. The molecular weight excluding hydrogens is 212 g/mol. The molecule has 0 radical (unpaired) electrons. The Balaban J connectivity index is 2.12. The molecule has 0 unspecified atom stereocenters. The monoisotopic (exact) mass is 228 g/mol. The molecule has 0 bridgehead atoms. The fraction of sp³-hybridized carbons (Fsp3) is 0.286. The molecule has 0 aliphatic heterocycles. The van der Waals surface area contributed by atoms with Crippen molar-refractivity contribution in [1.82, 2.24) is 9.88 Å². The van der Waals surface area contributed by atoms with Crippen molar-refractivity contribution in [3.63, 3.8) is 0 Å². The lowest BCUT2D eigenvalue weighted by molar-refractivity contribution is -0.128. The van der Waals surface area contributed by atoms with Gasteiger partial charge in [0.05, 0.1) is 5.52 Å². The Labute approximate surface area is 101 Å². The number of carbonyl (C=O) groups is 1. The van der Waals surface area contributed by atoms with Crippen LogP contribution in [-0.4, -0.2) is 29.9 Å². The van der Waals surface area contributed by atoms with Crippen LogP contribution in [0.5, 0.6) is 0 Å². The number of amides is 1. The maximum Gasteiger partial charge on any atom is 0.222 e. The predicted octanol–water partition coefficient (Wildman–Crippen LogP) is 2.26. The summed E-state index contributed by atoms with van der Waals surface area (Å²) in [5.74, 6) is 0.139. The molecule has 3 nitrogen and oxygen atoms in total. The van der Waals surface area contributed by atoms with Gasteiger partial charge in [-0.3, -0.25) is 9.78 Å². The number of aryl methyl sites for hydroxylation is 1. The van der Waals surface area contributed by atoms with E-state index in [4.69, 9.17) is 0 Å². The third-order valence-corrected chi connectivity index (χ3v) is 2.75. The Morgan fingerprint density at radius 2 is 1.94 bits per heavy atom. The van der Waals surface area contributed by atoms with Gasteiger partial charge in [-0.1, -0.05) is 24.3 Å². The first-order chi connectivity index (χ1) is 8.16. The molecule has 0 fully saturated rings. The van der Waals surface area contributed by atoms with Gasteiger partial charge in [-0.2, -0.15) is 0 Å². The van der Waals surface area contributed by atoms with Gasteiger partial charge < -0.3 is 4.90 Å². The molecule has 17 heavy (non-hydrogen) atoms. The standard InChI is InChI=1S/C14H16N2O/c1-16(2)14(17)10-9-12-8-7-11-5-3-4-6-13(11)15-12/h3-8H,9-10H2,1-2H3. The summed E-state index contributed by atoms with van der Waals surface area (Å²) >= 11 is 0. The molecule has 0 aliphatic carbocycles. The highest BCUT2D eigenvalue weighted by atomic mass is 16.2. The van der Waals surface area contributed by atoms with Gasteiger partial charge in [-0.05, 0) is 18.6 Å². The van der Waals surface area contributed by atoms with Gasteiger partial charge in [0.25, 0.3) is 0 Å². The van der Waals surface area contributed by atoms with Crippen molar-refractivity contribution in [2.24, 2.45) is 0 Å². The van der Waals surface area contributed by atoms with E-state index in [-0.39, 0.29) is 5.91 Å². The Morgan fingerprint density at radius 3 is 2.71 bits per heavy atom. The Hall–Kier alpha value is -1.90. The second-order valence-electron chi connectivity index (χ2n) is 4.28. The zero-order valence-corrected chi connectivity index (χ0v) is 10.2. The average molecular weight is 228 g/mol. The van der Waals surface area contributed by atoms with Crippen LogP contribution >= 0.6 is 0 Å². The van der Waals surface area contributed by atoms with E-state index in [9.17, 15) is 4.79 Å². The van der Waals surface area contributed by atoms with Crippen LogP contribution in [0.4, 0.5) is 0 Å². The van der Waals surface area contributed by atoms with E-state index in [1.54, 1.807) is 19.0 Å². The van der Waals surface area contributed by atoms with Crippen LogP contribution in [0.2, 0.25) is 0 Å². The zero-order chi connectivity index (χ0) is 12.3. The molecule has 2 rings (SSSR count). The number of fused-ring (bicyclic) bond motifs is 1. The summed E-state index contributed by atoms with van der Waals surface area (Å²) in [7, 11) is 3.55. The number of benzene rings is 1. The van der Waals surface area contributed by atoms with E-state index in [0.717, 1.165) is 16.6 Å². The molecule has 1 aromatic heterocycles. The number of rotatable bonds is 3. The Morgan fingerprint density at radius 1 is 1.18 bits per heavy atom. The van der Waals surface area contributed by atoms with Crippen molar-refractivity contribution in [2.45, 2.75) is 12.8 Å². The Bertz CT molecular complexity index is 534. The van der Waals surface area contributed by atoms with Crippen LogP contribution < -0.4 is 0 Å². The van der Waals surface area contributed by atoms with Gasteiger partial charge >= 0.3 is 0 Å². The lowest BCUT2D eigenvalue weighted by atomic mass is 10.1. The van der Waals surface area contributed by atoms with Gasteiger partial charge in [0.15, 0.2) is 0 Å². The largest absolute Gasteiger partial charge is 0.349 e. The molecule has 0 saturated heterocycles. The summed E-state index contributed by atoms with van der Waals surface area (Å²) in [6.07, 6.45) is 1.21. The highest BCUT2D eigenvalue weighted by molar-refractivity contribution is 5.79. The van der Waals surface area contributed by atoms with Crippen LogP contribution in [-0.2, 0) is 11.2 Å². The lowest BCUT2D eigenvalue weighted by Gasteiger charge is -2.09. The van der Waals surface area contributed by atoms with Crippen molar-refractivity contribution in [3.05, 3.63) is 42.1 Å². The quantitative estimate of drug-likeness (QED) is 0.807. The molecule has 3 heteroatoms. The Kier molecular flexibility index (Phi) is 3.38. The van der Waals surface area contributed by atoms with Crippen molar-refractivity contribution in [2.75, 3.05) is 14.1 Å². The normalized spacial score (nSPS) is 10.5. The molecule has 0 atom stereocenters. The summed E-state index contributed by atoms with van der Waals surface area (Å²) in [5.41, 5.74) is 1.96. The second kappa shape index (κ2) is 4.95. The highest BCUT2D eigenvalue weighted by Crippen LogP contribution is 2.12. The molecule has 0 aliphatic rings. The van der Waals surface area contributed by atoms with Crippen molar-refractivity contribution >= 4 is 16.8 Å². The van der Waals surface area contributed by atoms with Crippen molar-refractivity contribution < 1.29 is 4.79 Å². The second-order valence-corrected chi connectivity index (χ2v) is 4.28. The fourth-order valence-electron chi connectivity index (χ4n) is 1.71. The van der Waals surface area contributed by atoms with E-state index in [2.05, 4.69) is 11.1 Å². The first-order valence-corrected chi connectivity index (χ1v) is 5.71. The molecule has 1 amide bonds. The van der Waals surface area contributed by atoms with E-state index in [1.807, 2.05) is 30.3 Å². The number of pyridine rings is 1. The summed E-state index contributed by atoms with van der Waals surface area (Å²) < 4.78 is 0. The number of hydrogen-bond donors (Lipinski definition) is 0. The summed E-state index contributed by atoms with van der Waals surface area (Å²) in [6, 6.07) is 12.1. The molecule has 1 aromatic carbocycles. The molecule has 88 valence electrons.